The highest BCUT2D eigenvalue weighted by Crippen LogP contribution is 2.33. The third-order valence-electron chi connectivity index (χ3n) is 2.51. The first-order chi connectivity index (χ1) is 8.12. The molecule has 1 rings (SSSR count). The summed E-state index contributed by atoms with van der Waals surface area (Å²) in [7, 11) is 3.10. The number of ether oxygens (including phenoxy) is 2. The molecule has 0 aliphatic heterocycles. The Morgan fingerprint density at radius 2 is 1.82 bits per heavy atom. The number of benzene rings is 1. The molecular weight excluding hydrogens is 244 g/mol. The van der Waals surface area contributed by atoms with Gasteiger partial charge in [-0.2, -0.15) is 0 Å². The Morgan fingerprint density at radius 3 is 2.35 bits per heavy atom. The van der Waals surface area contributed by atoms with Gasteiger partial charge in [0.1, 0.15) is 0 Å². The van der Waals surface area contributed by atoms with E-state index in [0.717, 1.165) is 5.56 Å². The molecule has 2 N–H and O–H groups in total. The van der Waals surface area contributed by atoms with Crippen LogP contribution in [0.5, 0.6) is 11.5 Å². The predicted molar refractivity (Wildman–Crippen MR) is 66.0 cm³/mol. The summed E-state index contributed by atoms with van der Waals surface area (Å²) in [5, 5.41) is 18.6. The van der Waals surface area contributed by atoms with Gasteiger partial charge in [0.2, 0.25) is 0 Å². The molecule has 0 saturated carbocycles. The Kier molecular flexibility index (Phi) is 5.55. The molecule has 0 aromatic heterocycles. The molecule has 1 atom stereocenters. The summed E-state index contributed by atoms with van der Waals surface area (Å²) in [6, 6.07) is 3.46. The van der Waals surface area contributed by atoms with Crippen molar-refractivity contribution in [2.45, 2.75) is 18.9 Å². The maximum atomic E-state index is 9.29. The van der Waals surface area contributed by atoms with E-state index in [2.05, 4.69) is 0 Å². The Bertz CT molecular complexity index is 368. The fourth-order valence-corrected chi connectivity index (χ4v) is 1.75. The van der Waals surface area contributed by atoms with Crippen LogP contribution < -0.4 is 9.47 Å². The van der Waals surface area contributed by atoms with Crippen LogP contribution in [0.1, 0.15) is 12.0 Å². The summed E-state index contributed by atoms with van der Waals surface area (Å²) in [6.07, 6.45) is 0.297. The topological polar surface area (TPSA) is 58.9 Å². The zero-order chi connectivity index (χ0) is 12.8. The standard InChI is InChI=1S/C12H17ClO4/c1-16-11-5-8(3-4-9(15)7-14)10(13)6-12(11)17-2/h5-6,9,14-15H,3-4,7H2,1-2H3. The fraction of sp³-hybridized carbons (Fsp3) is 0.500. The number of hydrogen-bond donors (Lipinski definition) is 2. The van der Waals surface area contributed by atoms with E-state index in [1.165, 1.54) is 0 Å². The van der Waals surface area contributed by atoms with Crippen molar-refractivity contribution in [3.63, 3.8) is 0 Å². The van der Waals surface area contributed by atoms with Gasteiger partial charge in [-0.05, 0) is 24.5 Å². The van der Waals surface area contributed by atoms with Gasteiger partial charge in [-0.1, -0.05) is 11.6 Å². The first-order valence-electron chi connectivity index (χ1n) is 5.31. The zero-order valence-electron chi connectivity index (χ0n) is 9.94. The molecule has 0 saturated heterocycles. The molecule has 4 nitrogen and oxygen atoms in total. The van der Waals surface area contributed by atoms with Crippen LogP contribution in [-0.2, 0) is 6.42 Å². The van der Waals surface area contributed by atoms with Crippen molar-refractivity contribution in [2.75, 3.05) is 20.8 Å². The van der Waals surface area contributed by atoms with Gasteiger partial charge in [0, 0.05) is 11.1 Å². The van der Waals surface area contributed by atoms with Crippen LogP contribution >= 0.6 is 11.6 Å². The molecule has 0 amide bonds. The van der Waals surface area contributed by atoms with Crippen LogP contribution in [0.4, 0.5) is 0 Å². The average molecular weight is 261 g/mol. The van der Waals surface area contributed by atoms with Crippen molar-refractivity contribution < 1.29 is 19.7 Å². The maximum Gasteiger partial charge on any atom is 0.162 e. The van der Waals surface area contributed by atoms with Gasteiger partial charge in [0.15, 0.2) is 11.5 Å². The summed E-state index contributed by atoms with van der Waals surface area (Å²) >= 11 is 6.08. The molecule has 0 bridgehead atoms. The van der Waals surface area contributed by atoms with Crippen molar-refractivity contribution in [3.8, 4) is 11.5 Å². The van der Waals surface area contributed by atoms with E-state index >= 15 is 0 Å². The van der Waals surface area contributed by atoms with E-state index in [-0.39, 0.29) is 6.61 Å². The molecule has 0 aliphatic rings. The van der Waals surface area contributed by atoms with E-state index in [1.807, 2.05) is 0 Å². The van der Waals surface area contributed by atoms with Crippen molar-refractivity contribution in [2.24, 2.45) is 0 Å². The van der Waals surface area contributed by atoms with E-state index in [1.54, 1.807) is 26.4 Å². The van der Waals surface area contributed by atoms with E-state index in [9.17, 15) is 5.11 Å². The molecule has 0 spiro atoms. The van der Waals surface area contributed by atoms with Gasteiger partial charge >= 0.3 is 0 Å². The minimum Gasteiger partial charge on any atom is -0.493 e. The molecule has 5 heteroatoms. The summed E-state index contributed by atoms with van der Waals surface area (Å²) < 4.78 is 10.3. The number of rotatable bonds is 6. The van der Waals surface area contributed by atoms with Crippen LogP contribution in [-0.4, -0.2) is 37.1 Å². The third kappa shape index (κ3) is 3.77. The maximum absolute atomic E-state index is 9.29. The Labute approximate surface area is 106 Å². The molecule has 0 heterocycles. The lowest BCUT2D eigenvalue weighted by atomic mass is 10.1. The fourth-order valence-electron chi connectivity index (χ4n) is 1.50. The summed E-state index contributed by atoms with van der Waals surface area (Å²) in [5.41, 5.74) is 0.858. The number of aliphatic hydroxyl groups is 2. The number of aryl methyl sites for hydroxylation is 1. The zero-order valence-corrected chi connectivity index (χ0v) is 10.7. The summed E-state index contributed by atoms with van der Waals surface area (Å²) in [4.78, 5) is 0. The van der Waals surface area contributed by atoms with Gasteiger partial charge in [-0.3, -0.25) is 0 Å². The Hall–Kier alpha value is -0.970. The molecule has 0 aliphatic carbocycles. The largest absolute Gasteiger partial charge is 0.493 e. The highest BCUT2D eigenvalue weighted by atomic mass is 35.5. The number of halogens is 1. The smallest absolute Gasteiger partial charge is 0.162 e. The molecule has 96 valence electrons. The molecule has 0 fully saturated rings. The summed E-state index contributed by atoms with van der Waals surface area (Å²) in [6.45, 7) is -0.245. The Morgan fingerprint density at radius 1 is 1.24 bits per heavy atom. The van der Waals surface area contributed by atoms with Gasteiger partial charge in [0.25, 0.3) is 0 Å². The second-order valence-corrected chi connectivity index (χ2v) is 4.08. The number of hydrogen-bond acceptors (Lipinski definition) is 4. The van der Waals surface area contributed by atoms with Gasteiger partial charge in [-0.25, -0.2) is 0 Å². The number of aliphatic hydroxyl groups excluding tert-OH is 2. The average Bonchev–Trinajstić information content (AvgIpc) is 2.36. The van der Waals surface area contributed by atoms with Gasteiger partial charge < -0.3 is 19.7 Å². The quantitative estimate of drug-likeness (QED) is 0.817. The van der Waals surface area contributed by atoms with Crippen LogP contribution in [0.25, 0.3) is 0 Å². The van der Waals surface area contributed by atoms with Crippen molar-refractivity contribution >= 4 is 11.6 Å². The van der Waals surface area contributed by atoms with Crippen LogP contribution in [0.2, 0.25) is 5.02 Å². The third-order valence-corrected chi connectivity index (χ3v) is 2.86. The molecule has 17 heavy (non-hydrogen) atoms. The second-order valence-electron chi connectivity index (χ2n) is 3.67. The van der Waals surface area contributed by atoms with Crippen molar-refractivity contribution in [1.82, 2.24) is 0 Å². The van der Waals surface area contributed by atoms with E-state index in [4.69, 9.17) is 26.2 Å². The minimum absolute atomic E-state index is 0.245. The van der Waals surface area contributed by atoms with Crippen LogP contribution in [0.3, 0.4) is 0 Å². The highest BCUT2D eigenvalue weighted by molar-refractivity contribution is 6.31. The van der Waals surface area contributed by atoms with Gasteiger partial charge in [-0.15, -0.1) is 0 Å². The Balaban J connectivity index is 2.85. The highest BCUT2D eigenvalue weighted by Gasteiger charge is 2.11. The molecule has 1 unspecified atom stereocenters. The first-order valence-corrected chi connectivity index (χ1v) is 5.69. The van der Waals surface area contributed by atoms with Crippen molar-refractivity contribution in [1.29, 1.82) is 0 Å². The van der Waals surface area contributed by atoms with E-state index < -0.39 is 6.10 Å². The lowest BCUT2D eigenvalue weighted by Crippen LogP contribution is -2.12. The predicted octanol–water partition coefficient (Wildman–Crippen LogP) is 1.64. The molecule has 1 aromatic rings. The molecular formula is C12H17ClO4. The van der Waals surface area contributed by atoms with Crippen LogP contribution in [0, 0.1) is 0 Å². The van der Waals surface area contributed by atoms with Crippen LogP contribution in [0.15, 0.2) is 12.1 Å². The lowest BCUT2D eigenvalue weighted by molar-refractivity contribution is 0.0885. The lowest BCUT2D eigenvalue weighted by Gasteiger charge is -2.12. The van der Waals surface area contributed by atoms with Gasteiger partial charge in [0.05, 0.1) is 26.9 Å². The number of methoxy groups -OCH3 is 2. The minimum atomic E-state index is -0.723. The normalized spacial score (nSPS) is 12.3. The second kappa shape index (κ2) is 6.69. The monoisotopic (exact) mass is 260 g/mol. The summed E-state index contributed by atoms with van der Waals surface area (Å²) in [5.74, 6) is 1.18. The van der Waals surface area contributed by atoms with E-state index in [0.29, 0.717) is 29.4 Å². The SMILES string of the molecule is COc1cc(Cl)c(CCC(O)CO)cc1OC. The molecule has 1 aromatic carbocycles. The molecule has 0 radical (unpaired) electrons. The first kappa shape index (κ1) is 14.1. The van der Waals surface area contributed by atoms with Crippen molar-refractivity contribution in [3.05, 3.63) is 22.7 Å².